The van der Waals surface area contributed by atoms with Crippen LogP contribution in [0.1, 0.15) is 11.1 Å². The third kappa shape index (κ3) is 2.81. The van der Waals surface area contributed by atoms with E-state index >= 15 is 0 Å². The second kappa shape index (κ2) is 4.72. The van der Waals surface area contributed by atoms with Gasteiger partial charge in [-0.1, -0.05) is 24.3 Å². The first-order valence-electron chi connectivity index (χ1n) is 4.38. The predicted octanol–water partition coefficient (Wildman–Crippen LogP) is 0.810. The first-order valence-corrected chi connectivity index (χ1v) is 4.38. The SMILES string of the molecule is N=C(N)c1ccc(C[C@H](N)CF)cc1. The van der Waals surface area contributed by atoms with Gasteiger partial charge in [0, 0.05) is 11.6 Å². The lowest BCUT2D eigenvalue weighted by molar-refractivity contribution is 0.427. The van der Waals surface area contributed by atoms with Gasteiger partial charge < -0.3 is 11.5 Å². The summed E-state index contributed by atoms with van der Waals surface area (Å²) < 4.78 is 12.1. The van der Waals surface area contributed by atoms with Crippen LogP contribution in [-0.2, 0) is 6.42 Å². The number of nitrogen functional groups attached to an aromatic ring is 1. The Labute approximate surface area is 82.4 Å². The standard InChI is InChI=1S/C10H14FN3/c11-6-9(12)5-7-1-3-8(4-2-7)10(13)14/h1-4,9H,5-6,12H2,(H3,13,14)/t9-/m0/s1. The average molecular weight is 195 g/mol. The lowest BCUT2D eigenvalue weighted by Gasteiger charge is -2.07. The molecule has 0 heterocycles. The second-order valence-corrected chi connectivity index (χ2v) is 3.23. The molecule has 3 nitrogen and oxygen atoms in total. The van der Waals surface area contributed by atoms with E-state index in [1.54, 1.807) is 12.1 Å². The molecule has 0 fully saturated rings. The molecule has 1 atom stereocenters. The second-order valence-electron chi connectivity index (χ2n) is 3.23. The van der Waals surface area contributed by atoms with Crippen LogP contribution in [0.25, 0.3) is 0 Å². The van der Waals surface area contributed by atoms with Gasteiger partial charge in [0.25, 0.3) is 0 Å². The molecule has 0 aromatic heterocycles. The summed E-state index contributed by atoms with van der Waals surface area (Å²) in [5, 5.41) is 7.18. The highest BCUT2D eigenvalue weighted by Crippen LogP contribution is 2.06. The molecule has 0 aliphatic heterocycles. The van der Waals surface area contributed by atoms with Crippen molar-refractivity contribution in [1.82, 2.24) is 0 Å². The third-order valence-corrected chi connectivity index (χ3v) is 1.96. The van der Waals surface area contributed by atoms with Gasteiger partial charge >= 0.3 is 0 Å². The zero-order chi connectivity index (χ0) is 10.6. The van der Waals surface area contributed by atoms with Crippen molar-refractivity contribution in [2.45, 2.75) is 12.5 Å². The Balaban J connectivity index is 2.68. The minimum Gasteiger partial charge on any atom is -0.384 e. The Morgan fingerprint density at radius 3 is 2.36 bits per heavy atom. The van der Waals surface area contributed by atoms with E-state index in [4.69, 9.17) is 16.9 Å². The number of hydrogen-bond acceptors (Lipinski definition) is 2. The first kappa shape index (κ1) is 10.7. The van der Waals surface area contributed by atoms with Crippen LogP contribution in [0.3, 0.4) is 0 Å². The molecular formula is C10H14FN3. The maximum atomic E-state index is 12.1. The molecule has 1 aromatic carbocycles. The summed E-state index contributed by atoms with van der Waals surface area (Å²) in [5.41, 5.74) is 12.4. The van der Waals surface area contributed by atoms with Gasteiger partial charge in [-0.2, -0.15) is 0 Å². The molecule has 5 N–H and O–H groups in total. The number of halogens is 1. The van der Waals surface area contributed by atoms with Crippen LogP contribution in [-0.4, -0.2) is 18.6 Å². The Morgan fingerprint density at radius 1 is 1.36 bits per heavy atom. The van der Waals surface area contributed by atoms with Crippen molar-refractivity contribution in [1.29, 1.82) is 5.41 Å². The van der Waals surface area contributed by atoms with Gasteiger partial charge in [0.15, 0.2) is 0 Å². The Kier molecular flexibility index (Phi) is 3.59. The van der Waals surface area contributed by atoms with Crippen molar-refractivity contribution in [2.24, 2.45) is 11.5 Å². The summed E-state index contributed by atoms with van der Waals surface area (Å²) in [6.45, 7) is -0.519. The predicted molar refractivity (Wildman–Crippen MR) is 55.1 cm³/mol. The number of alkyl halides is 1. The largest absolute Gasteiger partial charge is 0.384 e. The minimum atomic E-state index is -0.519. The van der Waals surface area contributed by atoms with E-state index in [1.165, 1.54) is 0 Å². The molecule has 0 bridgehead atoms. The van der Waals surface area contributed by atoms with Crippen LogP contribution in [0.15, 0.2) is 24.3 Å². The van der Waals surface area contributed by atoms with E-state index in [0.717, 1.165) is 5.56 Å². The zero-order valence-corrected chi connectivity index (χ0v) is 7.83. The molecule has 0 saturated heterocycles. The summed E-state index contributed by atoms with van der Waals surface area (Å²) in [6, 6.07) is 6.65. The van der Waals surface area contributed by atoms with E-state index in [2.05, 4.69) is 0 Å². The molecular weight excluding hydrogens is 181 g/mol. The van der Waals surface area contributed by atoms with Crippen molar-refractivity contribution in [3.63, 3.8) is 0 Å². The molecule has 1 rings (SSSR count). The third-order valence-electron chi connectivity index (χ3n) is 1.96. The highest BCUT2D eigenvalue weighted by Gasteiger charge is 2.03. The lowest BCUT2D eigenvalue weighted by atomic mass is 10.1. The summed E-state index contributed by atoms with van der Waals surface area (Å²) >= 11 is 0. The zero-order valence-electron chi connectivity index (χ0n) is 7.83. The number of benzene rings is 1. The molecule has 0 unspecified atom stereocenters. The van der Waals surface area contributed by atoms with Crippen LogP contribution < -0.4 is 11.5 Å². The summed E-state index contributed by atoms with van der Waals surface area (Å²) in [5.74, 6) is 0.0336. The smallest absolute Gasteiger partial charge is 0.122 e. The van der Waals surface area contributed by atoms with Crippen LogP contribution in [0.2, 0.25) is 0 Å². The van der Waals surface area contributed by atoms with Crippen LogP contribution >= 0.6 is 0 Å². The molecule has 0 aliphatic rings. The number of nitrogens with two attached hydrogens (primary N) is 2. The first-order chi connectivity index (χ1) is 6.63. The number of amidine groups is 1. The maximum absolute atomic E-state index is 12.1. The Bertz CT molecular complexity index is 308. The lowest BCUT2D eigenvalue weighted by Crippen LogP contribution is -2.24. The summed E-state index contributed by atoms with van der Waals surface area (Å²) in [6.07, 6.45) is 0.509. The topological polar surface area (TPSA) is 75.9 Å². The molecule has 76 valence electrons. The van der Waals surface area contributed by atoms with Gasteiger partial charge in [-0.3, -0.25) is 5.41 Å². The van der Waals surface area contributed by atoms with Crippen molar-refractivity contribution < 1.29 is 4.39 Å². The van der Waals surface area contributed by atoms with E-state index in [-0.39, 0.29) is 5.84 Å². The number of hydrogen-bond donors (Lipinski definition) is 3. The van der Waals surface area contributed by atoms with Crippen LogP contribution in [0.5, 0.6) is 0 Å². The van der Waals surface area contributed by atoms with Gasteiger partial charge in [0.05, 0.1) is 0 Å². The van der Waals surface area contributed by atoms with Gasteiger partial charge in [0.2, 0.25) is 0 Å². The van der Waals surface area contributed by atoms with Gasteiger partial charge in [-0.25, -0.2) is 4.39 Å². The Hall–Kier alpha value is -1.42. The highest BCUT2D eigenvalue weighted by atomic mass is 19.1. The molecule has 14 heavy (non-hydrogen) atoms. The van der Waals surface area contributed by atoms with Gasteiger partial charge in [-0.15, -0.1) is 0 Å². The maximum Gasteiger partial charge on any atom is 0.122 e. The fourth-order valence-corrected chi connectivity index (χ4v) is 1.18. The van der Waals surface area contributed by atoms with E-state index in [9.17, 15) is 4.39 Å². The minimum absolute atomic E-state index is 0.0336. The summed E-state index contributed by atoms with van der Waals surface area (Å²) in [4.78, 5) is 0. The van der Waals surface area contributed by atoms with Crippen molar-refractivity contribution in [2.75, 3.05) is 6.67 Å². The number of nitrogens with one attached hydrogen (secondary N) is 1. The number of rotatable bonds is 4. The van der Waals surface area contributed by atoms with Crippen LogP contribution in [0, 0.1) is 5.41 Å². The fraction of sp³-hybridized carbons (Fsp3) is 0.300. The molecule has 0 amide bonds. The molecule has 4 heteroatoms. The van der Waals surface area contributed by atoms with Crippen molar-refractivity contribution in [3.8, 4) is 0 Å². The van der Waals surface area contributed by atoms with E-state index < -0.39 is 12.7 Å². The average Bonchev–Trinajstić information content (AvgIpc) is 2.18. The fourth-order valence-electron chi connectivity index (χ4n) is 1.18. The van der Waals surface area contributed by atoms with Gasteiger partial charge in [0.1, 0.15) is 12.5 Å². The molecule has 0 radical (unpaired) electrons. The molecule has 1 aromatic rings. The molecule has 0 spiro atoms. The highest BCUT2D eigenvalue weighted by molar-refractivity contribution is 5.94. The van der Waals surface area contributed by atoms with Crippen molar-refractivity contribution in [3.05, 3.63) is 35.4 Å². The quantitative estimate of drug-likeness (QED) is 0.491. The monoisotopic (exact) mass is 195 g/mol. The van der Waals surface area contributed by atoms with E-state index in [0.29, 0.717) is 12.0 Å². The summed E-state index contributed by atoms with van der Waals surface area (Å²) in [7, 11) is 0. The van der Waals surface area contributed by atoms with Crippen LogP contribution in [0.4, 0.5) is 4.39 Å². The Morgan fingerprint density at radius 2 is 1.93 bits per heavy atom. The normalized spacial score (nSPS) is 12.4. The molecule has 0 aliphatic carbocycles. The molecule has 0 saturated carbocycles. The van der Waals surface area contributed by atoms with E-state index in [1.807, 2.05) is 12.1 Å². The van der Waals surface area contributed by atoms with Gasteiger partial charge in [-0.05, 0) is 12.0 Å². The van der Waals surface area contributed by atoms with Crippen molar-refractivity contribution >= 4 is 5.84 Å².